The van der Waals surface area contributed by atoms with Crippen molar-refractivity contribution in [3.05, 3.63) is 27.2 Å². The molecule has 5 heteroatoms. The summed E-state index contributed by atoms with van der Waals surface area (Å²) in [5.41, 5.74) is 2.06. The molecule has 0 fully saturated rings. The van der Waals surface area contributed by atoms with Crippen molar-refractivity contribution < 1.29 is 13.0 Å². The SMILES string of the molecule is Cc1cc(C)c(S(=O)(=O)O)c(C)c1Br. The summed E-state index contributed by atoms with van der Waals surface area (Å²) in [6, 6.07) is 1.72. The van der Waals surface area contributed by atoms with Crippen molar-refractivity contribution in [2.75, 3.05) is 0 Å². The Morgan fingerprint density at radius 1 is 1.21 bits per heavy atom. The first-order chi connectivity index (χ1) is 6.25. The number of benzene rings is 1. The Hall–Kier alpha value is -0.390. The third kappa shape index (κ3) is 1.99. The minimum absolute atomic E-state index is 0.00465. The van der Waals surface area contributed by atoms with Crippen LogP contribution in [0.15, 0.2) is 15.4 Å². The van der Waals surface area contributed by atoms with Gasteiger partial charge in [0.05, 0.1) is 0 Å². The number of rotatable bonds is 1. The van der Waals surface area contributed by atoms with E-state index in [1.807, 2.05) is 6.92 Å². The van der Waals surface area contributed by atoms with Gasteiger partial charge >= 0.3 is 0 Å². The summed E-state index contributed by atoms with van der Waals surface area (Å²) in [5, 5.41) is 0. The average Bonchev–Trinajstić information content (AvgIpc) is 1.97. The van der Waals surface area contributed by atoms with Crippen LogP contribution >= 0.6 is 15.9 Å². The van der Waals surface area contributed by atoms with Crippen LogP contribution in [0, 0.1) is 20.8 Å². The van der Waals surface area contributed by atoms with Crippen molar-refractivity contribution in [2.24, 2.45) is 0 Å². The van der Waals surface area contributed by atoms with Crippen LogP contribution in [0.2, 0.25) is 0 Å². The molecule has 3 nitrogen and oxygen atoms in total. The first kappa shape index (κ1) is 11.7. The molecule has 0 aliphatic carbocycles. The molecule has 0 atom stereocenters. The summed E-state index contributed by atoms with van der Waals surface area (Å²) in [6.45, 7) is 5.20. The first-order valence-corrected chi connectivity index (χ1v) is 6.22. The summed E-state index contributed by atoms with van der Waals surface area (Å²) in [7, 11) is -4.13. The van der Waals surface area contributed by atoms with Gasteiger partial charge in [-0.25, -0.2) is 0 Å². The van der Waals surface area contributed by atoms with E-state index in [-0.39, 0.29) is 4.90 Å². The summed E-state index contributed by atoms with van der Waals surface area (Å²) < 4.78 is 31.9. The zero-order chi connectivity index (χ0) is 11.1. The lowest BCUT2D eigenvalue weighted by molar-refractivity contribution is 0.482. The maximum absolute atomic E-state index is 11.1. The van der Waals surface area contributed by atoms with Gasteiger partial charge in [-0.2, -0.15) is 8.42 Å². The Balaban J connectivity index is 3.70. The fourth-order valence-corrected chi connectivity index (χ4v) is 2.94. The summed E-state index contributed by atoms with van der Waals surface area (Å²) >= 11 is 3.28. The van der Waals surface area contributed by atoms with E-state index in [1.165, 1.54) is 0 Å². The maximum atomic E-state index is 11.1. The van der Waals surface area contributed by atoms with Crippen LogP contribution in [0.5, 0.6) is 0 Å². The Morgan fingerprint density at radius 3 is 2.14 bits per heavy atom. The molecule has 1 rings (SSSR count). The Labute approximate surface area is 92.0 Å². The highest BCUT2D eigenvalue weighted by molar-refractivity contribution is 9.10. The van der Waals surface area contributed by atoms with Crippen LogP contribution in [0.25, 0.3) is 0 Å². The normalized spacial score (nSPS) is 11.8. The molecule has 0 saturated carbocycles. The van der Waals surface area contributed by atoms with Crippen molar-refractivity contribution >= 4 is 26.0 Å². The predicted molar refractivity (Wildman–Crippen MR) is 58.2 cm³/mol. The molecule has 0 unspecified atom stereocenters. The van der Waals surface area contributed by atoms with Gasteiger partial charge in [0.1, 0.15) is 4.90 Å². The van der Waals surface area contributed by atoms with Gasteiger partial charge in [-0.15, -0.1) is 0 Å². The molecule has 0 aromatic heterocycles. The molecule has 0 spiro atoms. The van der Waals surface area contributed by atoms with Crippen LogP contribution in [0.4, 0.5) is 0 Å². The standard InChI is InChI=1S/C9H11BrO3S/c1-5-4-6(2)9(14(11,12)13)7(3)8(5)10/h4H,1-3H3,(H,11,12,13). The van der Waals surface area contributed by atoms with Gasteiger partial charge in [-0.1, -0.05) is 22.0 Å². The molecule has 0 amide bonds. The van der Waals surface area contributed by atoms with Crippen LogP contribution < -0.4 is 0 Å². The lowest BCUT2D eigenvalue weighted by Gasteiger charge is -2.10. The molecule has 0 aliphatic heterocycles. The molecule has 0 bridgehead atoms. The molecule has 1 aromatic rings. The predicted octanol–water partition coefficient (Wildman–Crippen LogP) is 2.62. The quantitative estimate of drug-likeness (QED) is 0.804. The van der Waals surface area contributed by atoms with E-state index in [4.69, 9.17) is 4.55 Å². The fourth-order valence-electron chi connectivity index (χ4n) is 1.54. The van der Waals surface area contributed by atoms with Gasteiger partial charge < -0.3 is 0 Å². The van der Waals surface area contributed by atoms with Crippen molar-refractivity contribution in [3.63, 3.8) is 0 Å². The summed E-state index contributed by atoms with van der Waals surface area (Å²) in [5.74, 6) is 0. The molecule has 0 heterocycles. The topological polar surface area (TPSA) is 54.4 Å². The fraction of sp³-hybridized carbons (Fsp3) is 0.333. The summed E-state index contributed by atoms with van der Waals surface area (Å²) in [4.78, 5) is -0.00465. The zero-order valence-electron chi connectivity index (χ0n) is 8.13. The van der Waals surface area contributed by atoms with Gasteiger partial charge in [0.25, 0.3) is 10.1 Å². The Morgan fingerprint density at radius 2 is 1.71 bits per heavy atom. The highest BCUT2D eigenvalue weighted by Crippen LogP contribution is 2.29. The van der Waals surface area contributed by atoms with Crippen molar-refractivity contribution in [1.82, 2.24) is 0 Å². The molecule has 0 saturated heterocycles. The molecular formula is C9H11BrO3S. The van der Waals surface area contributed by atoms with Gasteiger partial charge in [-0.05, 0) is 37.5 Å². The van der Waals surface area contributed by atoms with Crippen LogP contribution in [0.1, 0.15) is 16.7 Å². The van der Waals surface area contributed by atoms with E-state index in [0.29, 0.717) is 11.1 Å². The van der Waals surface area contributed by atoms with E-state index >= 15 is 0 Å². The summed E-state index contributed by atoms with van der Waals surface area (Å²) in [6.07, 6.45) is 0. The first-order valence-electron chi connectivity index (χ1n) is 3.99. The average molecular weight is 279 g/mol. The van der Waals surface area contributed by atoms with Crippen molar-refractivity contribution in [1.29, 1.82) is 0 Å². The minimum Gasteiger partial charge on any atom is -0.282 e. The van der Waals surface area contributed by atoms with Gasteiger partial charge in [0.2, 0.25) is 0 Å². The van der Waals surface area contributed by atoms with Gasteiger partial charge in [-0.3, -0.25) is 4.55 Å². The van der Waals surface area contributed by atoms with E-state index < -0.39 is 10.1 Å². The van der Waals surface area contributed by atoms with Crippen LogP contribution in [0.3, 0.4) is 0 Å². The van der Waals surface area contributed by atoms with Crippen molar-refractivity contribution in [2.45, 2.75) is 25.7 Å². The second kappa shape index (κ2) is 3.64. The maximum Gasteiger partial charge on any atom is 0.295 e. The van der Waals surface area contributed by atoms with Crippen molar-refractivity contribution in [3.8, 4) is 0 Å². The lowest BCUT2D eigenvalue weighted by Crippen LogP contribution is -2.05. The number of hydrogen-bond acceptors (Lipinski definition) is 2. The minimum atomic E-state index is -4.13. The number of halogens is 1. The zero-order valence-corrected chi connectivity index (χ0v) is 10.5. The van der Waals surface area contributed by atoms with Gasteiger partial charge in [0, 0.05) is 4.47 Å². The number of aryl methyl sites for hydroxylation is 2. The molecule has 78 valence electrons. The Bertz CT molecular complexity index is 477. The molecule has 14 heavy (non-hydrogen) atoms. The highest BCUT2D eigenvalue weighted by Gasteiger charge is 2.19. The van der Waals surface area contributed by atoms with E-state index in [0.717, 1.165) is 10.0 Å². The lowest BCUT2D eigenvalue weighted by atomic mass is 10.1. The highest BCUT2D eigenvalue weighted by atomic mass is 79.9. The van der Waals surface area contributed by atoms with Gasteiger partial charge in [0.15, 0.2) is 0 Å². The van der Waals surface area contributed by atoms with E-state index in [1.54, 1.807) is 19.9 Å². The molecule has 1 N–H and O–H groups in total. The second-order valence-electron chi connectivity index (χ2n) is 3.25. The molecule has 0 radical (unpaired) electrons. The molecular weight excluding hydrogens is 268 g/mol. The van der Waals surface area contributed by atoms with E-state index in [2.05, 4.69) is 15.9 Å². The van der Waals surface area contributed by atoms with Crippen LogP contribution in [-0.4, -0.2) is 13.0 Å². The third-order valence-electron chi connectivity index (χ3n) is 2.07. The molecule has 1 aromatic carbocycles. The smallest absolute Gasteiger partial charge is 0.282 e. The Kier molecular flexibility index (Phi) is 3.04. The van der Waals surface area contributed by atoms with E-state index in [9.17, 15) is 8.42 Å². The second-order valence-corrected chi connectivity index (χ2v) is 5.40. The van der Waals surface area contributed by atoms with Crippen LogP contribution in [-0.2, 0) is 10.1 Å². The monoisotopic (exact) mass is 278 g/mol. The molecule has 0 aliphatic rings. The number of hydrogen-bond donors (Lipinski definition) is 1. The third-order valence-corrected chi connectivity index (χ3v) is 4.43. The largest absolute Gasteiger partial charge is 0.295 e.